The Labute approximate surface area is 154 Å². The van der Waals surface area contributed by atoms with E-state index in [1.54, 1.807) is 12.4 Å². The molecule has 8 nitrogen and oxygen atoms in total. The molecule has 0 bridgehead atoms. The van der Waals surface area contributed by atoms with E-state index in [9.17, 15) is 4.79 Å². The Morgan fingerprint density at radius 1 is 1.38 bits per heavy atom. The Morgan fingerprint density at radius 2 is 2.19 bits per heavy atom. The van der Waals surface area contributed by atoms with E-state index < -0.39 is 0 Å². The van der Waals surface area contributed by atoms with E-state index in [0.717, 1.165) is 38.2 Å². The first-order valence-corrected chi connectivity index (χ1v) is 9.50. The van der Waals surface area contributed by atoms with Crippen molar-refractivity contribution in [2.24, 2.45) is 0 Å². The number of piperidine rings is 1. The number of nitrogens with one attached hydrogen (secondary N) is 2. The fourth-order valence-corrected chi connectivity index (χ4v) is 4.37. The molecule has 3 aliphatic heterocycles. The number of rotatable bonds is 3. The fraction of sp³-hybridized carbons (Fsp3) is 0.722. The zero-order valence-corrected chi connectivity index (χ0v) is 15.5. The van der Waals surface area contributed by atoms with Gasteiger partial charge in [0.1, 0.15) is 6.04 Å². The van der Waals surface area contributed by atoms with Crippen LogP contribution >= 0.6 is 0 Å². The lowest BCUT2D eigenvalue weighted by atomic mass is 9.88. The van der Waals surface area contributed by atoms with Gasteiger partial charge in [-0.25, -0.2) is 15.4 Å². The summed E-state index contributed by atoms with van der Waals surface area (Å²) < 4.78 is 6.27. The minimum absolute atomic E-state index is 0.127. The molecule has 4 heterocycles. The van der Waals surface area contributed by atoms with E-state index >= 15 is 0 Å². The molecule has 8 heteroatoms. The number of likely N-dealkylation sites (N-methyl/N-ethyl adjacent to an activating group) is 1. The number of amides is 1. The quantitative estimate of drug-likeness (QED) is 0.803. The van der Waals surface area contributed by atoms with Crippen molar-refractivity contribution >= 4 is 11.9 Å². The molecule has 1 spiro atoms. The van der Waals surface area contributed by atoms with Gasteiger partial charge in [-0.05, 0) is 32.3 Å². The van der Waals surface area contributed by atoms with Crippen LogP contribution in [0.3, 0.4) is 0 Å². The van der Waals surface area contributed by atoms with Gasteiger partial charge in [0.15, 0.2) is 0 Å². The molecule has 3 aliphatic rings. The topological polar surface area (TPSA) is 82.6 Å². The minimum Gasteiger partial charge on any atom is -0.371 e. The average Bonchev–Trinajstić information content (AvgIpc) is 3.28. The third-order valence-electron chi connectivity index (χ3n) is 5.85. The SMILES string of the molecule is CC1CC(C(=O)N2CCCC3(CC(N(C)c4ncccn4)CO3)C2)NN1. The van der Waals surface area contributed by atoms with Crippen LogP contribution in [0, 0.1) is 0 Å². The van der Waals surface area contributed by atoms with Crippen LogP contribution in [-0.2, 0) is 9.53 Å². The highest BCUT2D eigenvalue weighted by atomic mass is 16.5. The van der Waals surface area contributed by atoms with Gasteiger partial charge in [0.25, 0.3) is 0 Å². The molecule has 0 aromatic carbocycles. The molecule has 1 aromatic heterocycles. The molecule has 1 aromatic rings. The van der Waals surface area contributed by atoms with Crippen molar-refractivity contribution in [2.75, 3.05) is 31.6 Å². The summed E-state index contributed by atoms with van der Waals surface area (Å²) in [6, 6.07) is 2.26. The molecule has 2 N–H and O–H groups in total. The first kappa shape index (κ1) is 17.6. The maximum atomic E-state index is 12.9. The predicted octanol–water partition coefficient (Wildman–Crippen LogP) is 0.318. The van der Waals surface area contributed by atoms with E-state index in [2.05, 4.69) is 32.6 Å². The van der Waals surface area contributed by atoms with Gasteiger partial charge in [-0.2, -0.15) is 0 Å². The second-order valence-electron chi connectivity index (χ2n) is 7.85. The maximum Gasteiger partial charge on any atom is 0.241 e. The van der Waals surface area contributed by atoms with Gasteiger partial charge < -0.3 is 14.5 Å². The second-order valence-corrected chi connectivity index (χ2v) is 7.85. The Balaban J connectivity index is 1.40. The number of ether oxygens (including phenoxy) is 1. The summed E-state index contributed by atoms with van der Waals surface area (Å²) in [5.41, 5.74) is 6.03. The molecule has 0 aliphatic carbocycles. The maximum absolute atomic E-state index is 12.9. The van der Waals surface area contributed by atoms with Crippen molar-refractivity contribution in [3.8, 4) is 0 Å². The van der Waals surface area contributed by atoms with E-state index in [0.29, 0.717) is 19.2 Å². The summed E-state index contributed by atoms with van der Waals surface area (Å²) in [5.74, 6) is 0.907. The van der Waals surface area contributed by atoms with E-state index in [1.165, 1.54) is 0 Å². The Bertz CT molecular complexity index is 644. The van der Waals surface area contributed by atoms with Gasteiger partial charge in [-0.1, -0.05) is 0 Å². The molecule has 4 rings (SSSR count). The number of likely N-dealkylation sites (tertiary alicyclic amines) is 1. The van der Waals surface area contributed by atoms with Crippen molar-refractivity contribution in [3.05, 3.63) is 18.5 Å². The third-order valence-corrected chi connectivity index (χ3v) is 5.85. The molecular weight excluding hydrogens is 332 g/mol. The molecule has 0 radical (unpaired) electrons. The van der Waals surface area contributed by atoms with Crippen molar-refractivity contribution in [1.29, 1.82) is 0 Å². The number of nitrogens with zero attached hydrogens (tertiary/aromatic N) is 4. The highest BCUT2D eigenvalue weighted by Crippen LogP contribution is 2.37. The molecule has 1 amide bonds. The molecule has 3 saturated heterocycles. The summed E-state index contributed by atoms with van der Waals surface area (Å²) in [6.07, 6.45) is 7.24. The number of hydrogen-bond acceptors (Lipinski definition) is 7. The van der Waals surface area contributed by atoms with Crippen LogP contribution in [0.25, 0.3) is 0 Å². The average molecular weight is 360 g/mol. The first-order chi connectivity index (χ1) is 12.6. The lowest BCUT2D eigenvalue weighted by Gasteiger charge is -2.40. The van der Waals surface area contributed by atoms with E-state index in [4.69, 9.17) is 4.74 Å². The van der Waals surface area contributed by atoms with Crippen LogP contribution in [0.1, 0.15) is 32.6 Å². The number of aromatic nitrogens is 2. The van der Waals surface area contributed by atoms with Crippen molar-refractivity contribution < 1.29 is 9.53 Å². The number of carbonyl (C=O) groups is 1. The van der Waals surface area contributed by atoms with E-state index in [-0.39, 0.29) is 23.6 Å². The standard InChI is InChI=1S/C18H28N6O2/c1-13-9-15(22-21-13)16(25)24-8-3-5-18(12-24)10-14(11-26-18)23(2)17-19-6-4-7-20-17/h4,6-7,13-15,21-22H,3,5,8-12H2,1-2H3. The Kier molecular flexibility index (Phi) is 4.81. The molecule has 4 unspecified atom stereocenters. The third kappa shape index (κ3) is 3.41. The molecular formula is C18H28N6O2. The Hall–Kier alpha value is -1.77. The van der Waals surface area contributed by atoms with Crippen LogP contribution in [0.2, 0.25) is 0 Å². The number of hydrogen-bond donors (Lipinski definition) is 2. The van der Waals surface area contributed by atoms with Crippen LogP contribution < -0.4 is 15.8 Å². The molecule has 142 valence electrons. The zero-order valence-electron chi connectivity index (χ0n) is 15.5. The fourth-order valence-electron chi connectivity index (χ4n) is 4.37. The van der Waals surface area contributed by atoms with E-state index in [1.807, 2.05) is 18.0 Å². The normalized spacial score (nSPS) is 34.4. The second kappa shape index (κ2) is 7.09. The molecule has 26 heavy (non-hydrogen) atoms. The summed E-state index contributed by atoms with van der Waals surface area (Å²) in [6.45, 7) is 4.23. The van der Waals surface area contributed by atoms with Crippen LogP contribution in [-0.4, -0.2) is 71.2 Å². The van der Waals surface area contributed by atoms with Gasteiger partial charge >= 0.3 is 0 Å². The van der Waals surface area contributed by atoms with Crippen LogP contribution in [0.15, 0.2) is 18.5 Å². The van der Waals surface area contributed by atoms with Gasteiger partial charge in [-0.15, -0.1) is 0 Å². The zero-order chi connectivity index (χ0) is 18.1. The smallest absolute Gasteiger partial charge is 0.241 e. The number of anilines is 1. The highest BCUT2D eigenvalue weighted by Gasteiger charge is 2.46. The van der Waals surface area contributed by atoms with Gasteiger partial charge in [0.05, 0.1) is 18.2 Å². The highest BCUT2D eigenvalue weighted by molar-refractivity contribution is 5.82. The van der Waals surface area contributed by atoms with Crippen molar-refractivity contribution in [3.63, 3.8) is 0 Å². The van der Waals surface area contributed by atoms with Crippen molar-refractivity contribution in [1.82, 2.24) is 25.7 Å². The molecule has 3 fully saturated rings. The Morgan fingerprint density at radius 3 is 2.92 bits per heavy atom. The first-order valence-electron chi connectivity index (χ1n) is 9.50. The molecule has 4 atom stereocenters. The largest absolute Gasteiger partial charge is 0.371 e. The minimum atomic E-state index is -0.237. The van der Waals surface area contributed by atoms with Gasteiger partial charge in [-0.3, -0.25) is 10.2 Å². The summed E-state index contributed by atoms with van der Waals surface area (Å²) in [5, 5.41) is 0. The molecule has 0 saturated carbocycles. The number of hydrazine groups is 1. The van der Waals surface area contributed by atoms with Crippen molar-refractivity contribution in [2.45, 2.75) is 56.3 Å². The van der Waals surface area contributed by atoms with Gasteiger partial charge in [0.2, 0.25) is 11.9 Å². The predicted molar refractivity (Wildman–Crippen MR) is 97.5 cm³/mol. The number of carbonyl (C=O) groups excluding carboxylic acids is 1. The van der Waals surface area contributed by atoms with Gasteiger partial charge in [0, 0.05) is 45.0 Å². The summed E-state index contributed by atoms with van der Waals surface area (Å²) in [7, 11) is 2.02. The lowest BCUT2D eigenvalue weighted by molar-refractivity contribution is -0.141. The monoisotopic (exact) mass is 360 g/mol. The van der Waals surface area contributed by atoms with Crippen LogP contribution in [0.5, 0.6) is 0 Å². The summed E-state index contributed by atoms with van der Waals surface area (Å²) >= 11 is 0. The van der Waals surface area contributed by atoms with Crippen LogP contribution in [0.4, 0.5) is 5.95 Å². The lowest BCUT2D eigenvalue weighted by Crippen LogP contribution is -2.54. The summed E-state index contributed by atoms with van der Waals surface area (Å²) in [4.78, 5) is 25.6.